The lowest BCUT2D eigenvalue weighted by molar-refractivity contribution is 0.211. The van der Waals surface area contributed by atoms with Crippen LogP contribution in [0.15, 0.2) is 48.5 Å². The Morgan fingerprint density at radius 2 is 1.48 bits per heavy atom. The molecule has 0 N–H and O–H groups in total. The van der Waals surface area contributed by atoms with E-state index < -0.39 is 0 Å². The van der Waals surface area contributed by atoms with Crippen LogP contribution in [0.25, 0.3) is 11.1 Å². The van der Waals surface area contributed by atoms with Gasteiger partial charge in [0, 0.05) is 5.25 Å². The van der Waals surface area contributed by atoms with Crippen molar-refractivity contribution < 1.29 is 4.74 Å². The molecule has 2 aromatic rings. The molecule has 0 bridgehead atoms. The average Bonchev–Trinajstić information content (AvgIpc) is 2.62. The van der Waals surface area contributed by atoms with Crippen LogP contribution in [0, 0.1) is 17.2 Å². The van der Waals surface area contributed by atoms with Crippen molar-refractivity contribution in [3.63, 3.8) is 0 Å². The van der Waals surface area contributed by atoms with Crippen molar-refractivity contribution in [3.05, 3.63) is 54.1 Å². The van der Waals surface area contributed by atoms with Crippen molar-refractivity contribution in [1.82, 2.24) is 0 Å². The quantitative estimate of drug-likeness (QED) is 0.795. The van der Waals surface area contributed by atoms with Gasteiger partial charge in [-0.25, -0.2) is 0 Å². The summed E-state index contributed by atoms with van der Waals surface area (Å²) in [4.78, 5) is 0. The Labute approximate surface area is 143 Å². The molecule has 118 valence electrons. The van der Waals surface area contributed by atoms with Gasteiger partial charge in [-0.2, -0.15) is 17.9 Å². The lowest BCUT2D eigenvalue weighted by Gasteiger charge is -2.25. The van der Waals surface area contributed by atoms with E-state index in [-0.39, 0.29) is 0 Å². The molecule has 0 aliphatic heterocycles. The number of hydrogen-bond acceptors (Lipinski definition) is 3. The van der Waals surface area contributed by atoms with E-state index in [0.29, 0.717) is 16.7 Å². The number of benzene rings is 2. The molecule has 3 heteroatoms. The van der Waals surface area contributed by atoms with Crippen LogP contribution < -0.4 is 4.74 Å². The van der Waals surface area contributed by atoms with Crippen LogP contribution in [0.4, 0.5) is 0 Å². The van der Waals surface area contributed by atoms with Gasteiger partial charge in [0.2, 0.25) is 0 Å². The van der Waals surface area contributed by atoms with Crippen LogP contribution >= 0.6 is 12.6 Å². The number of nitrogens with zero attached hydrogens (tertiary/aromatic N) is 1. The summed E-state index contributed by atoms with van der Waals surface area (Å²) in [6.07, 6.45) is 4.85. The highest BCUT2D eigenvalue weighted by molar-refractivity contribution is 7.80. The predicted molar refractivity (Wildman–Crippen MR) is 96.8 cm³/mol. The largest absolute Gasteiger partial charge is 0.493 e. The fourth-order valence-electron chi connectivity index (χ4n) is 3.01. The first-order valence-corrected chi connectivity index (χ1v) is 8.67. The smallest absolute Gasteiger partial charge is 0.119 e. The molecule has 1 aliphatic rings. The van der Waals surface area contributed by atoms with Gasteiger partial charge in [0.05, 0.1) is 18.2 Å². The molecular formula is C20H21NOS. The fraction of sp³-hybridized carbons (Fsp3) is 0.350. The summed E-state index contributed by atoms with van der Waals surface area (Å²) in [5.41, 5.74) is 2.93. The van der Waals surface area contributed by atoms with Gasteiger partial charge < -0.3 is 4.74 Å². The summed E-state index contributed by atoms with van der Waals surface area (Å²) in [5.74, 6) is 1.59. The number of ether oxygens (including phenoxy) is 1. The molecule has 1 fully saturated rings. The predicted octanol–water partition coefficient (Wildman–Crippen LogP) is 5.09. The minimum Gasteiger partial charge on any atom is -0.493 e. The van der Waals surface area contributed by atoms with E-state index >= 15 is 0 Å². The van der Waals surface area contributed by atoms with Gasteiger partial charge >= 0.3 is 0 Å². The molecule has 2 nitrogen and oxygen atoms in total. The summed E-state index contributed by atoms with van der Waals surface area (Å²) < 4.78 is 5.94. The molecule has 0 amide bonds. The Hall–Kier alpha value is -1.92. The second kappa shape index (κ2) is 7.57. The maximum absolute atomic E-state index is 8.85. The second-order valence-corrected chi connectivity index (χ2v) is 6.93. The van der Waals surface area contributed by atoms with Crippen LogP contribution in [0.1, 0.15) is 31.2 Å². The number of rotatable bonds is 4. The van der Waals surface area contributed by atoms with Crippen LogP contribution in [0.5, 0.6) is 5.75 Å². The van der Waals surface area contributed by atoms with Gasteiger partial charge in [0.1, 0.15) is 5.75 Å². The van der Waals surface area contributed by atoms with E-state index in [9.17, 15) is 0 Å². The van der Waals surface area contributed by atoms with Crippen molar-refractivity contribution in [2.24, 2.45) is 5.92 Å². The van der Waals surface area contributed by atoms with Crippen LogP contribution in [-0.2, 0) is 0 Å². The highest BCUT2D eigenvalue weighted by Crippen LogP contribution is 2.28. The first-order valence-electron chi connectivity index (χ1n) is 8.16. The summed E-state index contributed by atoms with van der Waals surface area (Å²) in [7, 11) is 0. The van der Waals surface area contributed by atoms with E-state index in [0.717, 1.165) is 23.5 Å². The van der Waals surface area contributed by atoms with Crippen molar-refractivity contribution in [2.45, 2.75) is 30.9 Å². The minimum absolute atomic E-state index is 0.581. The third kappa shape index (κ3) is 4.30. The summed E-state index contributed by atoms with van der Waals surface area (Å²) in [6.45, 7) is 0.802. The van der Waals surface area contributed by atoms with E-state index in [2.05, 4.69) is 30.8 Å². The van der Waals surface area contributed by atoms with E-state index in [4.69, 9.17) is 10.00 Å². The molecule has 3 rings (SSSR count). The molecular weight excluding hydrogens is 302 g/mol. The van der Waals surface area contributed by atoms with Crippen LogP contribution in [0.3, 0.4) is 0 Å². The maximum atomic E-state index is 8.85. The molecule has 1 saturated carbocycles. The van der Waals surface area contributed by atoms with Crippen LogP contribution in [-0.4, -0.2) is 11.9 Å². The van der Waals surface area contributed by atoms with Crippen molar-refractivity contribution >= 4 is 12.6 Å². The normalized spacial score (nSPS) is 20.7. The van der Waals surface area contributed by atoms with Gasteiger partial charge in [-0.05, 0) is 67.0 Å². The zero-order valence-corrected chi connectivity index (χ0v) is 14.0. The van der Waals surface area contributed by atoms with Crippen molar-refractivity contribution in [1.29, 1.82) is 5.26 Å². The Morgan fingerprint density at radius 3 is 2.04 bits per heavy atom. The third-order valence-electron chi connectivity index (χ3n) is 4.50. The fourth-order valence-corrected chi connectivity index (χ4v) is 3.30. The Balaban J connectivity index is 1.57. The molecule has 0 aromatic heterocycles. The summed E-state index contributed by atoms with van der Waals surface area (Å²) in [6, 6.07) is 18.0. The number of hydrogen-bond donors (Lipinski definition) is 1. The molecule has 23 heavy (non-hydrogen) atoms. The van der Waals surface area contributed by atoms with Gasteiger partial charge in [0.25, 0.3) is 0 Å². The first kappa shape index (κ1) is 16.0. The zero-order chi connectivity index (χ0) is 16.1. The summed E-state index contributed by atoms with van der Waals surface area (Å²) in [5, 5.41) is 9.43. The van der Waals surface area contributed by atoms with Gasteiger partial charge in [-0.3, -0.25) is 0 Å². The Morgan fingerprint density at radius 1 is 0.913 bits per heavy atom. The van der Waals surface area contributed by atoms with Gasteiger partial charge in [-0.1, -0.05) is 24.3 Å². The minimum atomic E-state index is 0.581. The lowest BCUT2D eigenvalue weighted by atomic mass is 9.89. The lowest BCUT2D eigenvalue weighted by Crippen LogP contribution is -2.20. The zero-order valence-electron chi connectivity index (χ0n) is 13.1. The number of thiol groups is 1. The van der Waals surface area contributed by atoms with Gasteiger partial charge in [-0.15, -0.1) is 0 Å². The van der Waals surface area contributed by atoms with E-state index in [1.54, 1.807) is 0 Å². The average molecular weight is 323 g/mol. The molecule has 0 unspecified atom stereocenters. The molecule has 0 saturated heterocycles. The molecule has 0 atom stereocenters. The highest BCUT2D eigenvalue weighted by Gasteiger charge is 2.19. The first-order chi connectivity index (χ1) is 11.2. The van der Waals surface area contributed by atoms with Crippen molar-refractivity contribution in [3.8, 4) is 22.9 Å². The monoisotopic (exact) mass is 323 g/mol. The molecule has 0 spiro atoms. The topological polar surface area (TPSA) is 33.0 Å². The van der Waals surface area contributed by atoms with E-state index in [1.807, 2.05) is 36.4 Å². The molecule has 0 radical (unpaired) electrons. The maximum Gasteiger partial charge on any atom is 0.119 e. The summed E-state index contributed by atoms with van der Waals surface area (Å²) >= 11 is 4.54. The highest BCUT2D eigenvalue weighted by atomic mass is 32.1. The Bertz CT molecular complexity index is 664. The van der Waals surface area contributed by atoms with Crippen molar-refractivity contribution in [2.75, 3.05) is 6.61 Å². The molecule has 0 heterocycles. The second-order valence-electron chi connectivity index (χ2n) is 6.20. The Kier molecular flexibility index (Phi) is 5.25. The third-order valence-corrected chi connectivity index (χ3v) is 5.02. The van der Waals surface area contributed by atoms with Crippen LogP contribution in [0.2, 0.25) is 0 Å². The standard InChI is InChI=1S/C20H21NOS/c21-13-15-1-5-17(6-2-15)18-7-9-19(10-8-18)22-14-16-3-11-20(23)12-4-16/h1-2,5-10,16,20,23H,3-4,11-12,14H2. The van der Waals surface area contributed by atoms with E-state index in [1.165, 1.54) is 25.7 Å². The SMILES string of the molecule is N#Cc1ccc(-c2ccc(OCC3CCC(S)CC3)cc2)cc1. The van der Waals surface area contributed by atoms with Gasteiger partial charge in [0.15, 0.2) is 0 Å². The number of nitriles is 1. The molecule has 2 aromatic carbocycles. The molecule has 1 aliphatic carbocycles.